The molecule has 3 aliphatic heterocycles. The van der Waals surface area contributed by atoms with Gasteiger partial charge in [-0.3, -0.25) is 14.5 Å². The first-order valence-corrected chi connectivity index (χ1v) is 9.67. The van der Waals surface area contributed by atoms with Crippen molar-refractivity contribution in [3.8, 4) is 0 Å². The van der Waals surface area contributed by atoms with Crippen LogP contribution in [0.3, 0.4) is 0 Å². The summed E-state index contributed by atoms with van der Waals surface area (Å²) in [6.45, 7) is 8.58. The number of carbonyl (C=O) groups excluding carboxylic acids is 2. The van der Waals surface area contributed by atoms with Crippen molar-refractivity contribution < 1.29 is 9.59 Å². The molecule has 3 atom stereocenters. The van der Waals surface area contributed by atoms with E-state index in [2.05, 4.69) is 22.5 Å². The van der Waals surface area contributed by atoms with E-state index in [-0.39, 0.29) is 17.7 Å². The Morgan fingerprint density at radius 2 is 2.21 bits per heavy atom. The molecule has 0 aromatic rings. The lowest BCUT2D eigenvalue weighted by Crippen LogP contribution is -2.42. The normalized spacial score (nSPS) is 31.6. The van der Waals surface area contributed by atoms with Crippen molar-refractivity contribution in [1.29, 1.82) is 0 Å². The maximum absolute atomic E-state index is 12.4. The van der Waals surface area contributed by atoms with E-state index in [0.717, 1.165) is 39.3 Å². The number of hydrogen-bond acceptors (Lipinski definition) is 4. The van der Waals surface area contributed by atoms with Crippen molar-refractivity contribution in [1.82, 2.24) is 20.4 Å². The lowest BCUT2D eigenvalue weighted by molar-refractivity contribution is -0.129. The topological polar surface area (TPSA) is 64.7 Å². The molecule has 0 spiro atoms. The molecule has 0 radical (unpaired) electrons. The second kappa shape index (κ2) is 8.30. The van der Waals surface area contributed by atoms with Gasteiger partial charge in [0, 0.05) is 32.1 Å². The summed E-state index contributed by atoms with van der Waals surface area (Å²) in [7, 11) is 0. The van der Waals surface area contributed by atoms with Crippen LogP contribution in [-0.4, -0.2) is 73.5 Å². The van der Waals surface area contributed by atoms with E-state index < -0.39 is 0 Å². The monoisotopic (exact) mass is 336 g/mol. The van der Waals surface area contributed by atoms with Gasteiger partial charge in [-0.15, -0.1) is 0 Å². The SMILES string of the molecule is CCN1CCCC1CN1CC(C(=O)NCC2CCCNC2)CC1=O. The molecule has 0 aliphatic carbocycles. The molecule has 0 bridgehead atoms. The predicted molar refractivity (Wildman–Crippen MR) is 93.6 cm³/mol. The van der Waals surface area contributed by atoms with Gasteiger partial charge >= 0.3 is 0 Å². The minimum atomic E-state index is -0.162. The van der Waals surface area contributed by atoms with Crippen LogP contribution in [0, 0.1) is 11.8 Å². The van der Waals surface area contributed by atoms with Crippen LogP contribution in [0.4, 0.5) is 0 Å². The Morgan fingerprint density at radius 3 is 2.96 bits per heavy atom. The zero-order chi connectivity index (χ0) is 16.9. The molecule has 3 unspecified atom stereocenters. The molecule has 2 N–H and O–H groups in total. The molecule has 24 heavy (non-hydrogen) atoms. The predicted octanol–water partition coefficient (Wildman–Crippen LogP) is 0.435. The zero-order valence-corrected chi connectivity index (χ0v) is 14.9. The molecule has 0 aromatic heterocycles. The molecule has 2 amide bonds. The number of carbonyl (C=O) groups is 2. The zero-order valence-electron chi connectivity index (χ0n) is 14.9. The first-order chi connectivity index (χ1) is 11.7. The van der Waals surface area contributed by atoms with E-state index in [0.29, 0.717) is 24.9 Å². The van der Waals surface area contributed by atoms with Gasteiger partial charge in [0.15, 0.2) is 0 Å². The first kappa shape index (κ1) is 17.7. The molecule has 3 saturated heterocycles. The van der Waals surface area contributed by atoms with Gasteiger partial charge in [-0.1, -0.05) is 6.92 Å². The molecule has 0 aromatic carbocycles. The molecular weight excluding hydrogens is 304 g/mol. The van der Waals surface area contributed by atoms with Crippen molar-refractivity contribution in [3.05, 3.63) is 0 Å². The van der Waals surface area contributed by atoms with Crippen LogP contribution in [0.2, 0.25) is 0 Å². The summed E-state index contributed by atoms with van der Waals surface area (Å²) in [4.78, 5) is 29.1. The highest BCUT2D eigenvalue weighted by atomic mass is 16.2. The van der Waals surface area contributed by atoms with E-state index in [4.69, 9.17) is 0 Å². The third-order valence-electron chi connectivity index (χ3n) is 5.89. The number of likely N-dealkylation sites (tertiary alicyclic amines) is 2. The third kappa shape index (κ3) is 4.28. The van der Waals surface area contributed by atoms with E-state index in [1.54, 1.807) is 0 Å². The van der Waals surface area contributed by atoms with Gasteiger partial charge in [0.2, 0.25) is 11.8 Å². The fraction of sp³-hybridized carbons (Fsp3) is 0.889. The maximum atomic E-state index is 12.4. The van der Waals surface area contributed by atoms with Crippen LogP contribution >= 0.6 is 0 Å². The molecule has 3 rings (SSSR count). The van der Waals surface area contributed by atoms with Gasteiger partial charge in [-0.05, 0) is 57.8 Å². The number of hydrogen-bond donors (Lipinski definition) is 2. The fourth-order valence-electron chi connectivity index (χ4n) is 4.38. The van der Waals surface area contributed by atoms with Gasteiger partial charge in [-0.25, -0.2) is 0 Å². The van der Waals surface area contributed by atoms with Crippen molar-refractivity contribution in [2.45, 2.75) is 45.1 Å². The highest BCUT2D eigenvalue weighted by Crippen LogP contribution is 2.23. The second-order valence-electron chi connectivity index (χ2n) is 7.58. The number of nitrogens with one attached hydrogen (secondary N) is 2. The number of piperidine rings is 1. The number of likely N-dealkylation sites (N-methyl/N-ethyl adjacent to an activating group) is 1. The Hall–Kier alpha value is -1.14. The van der Waals surface area contributed by atoms with Crippen molar-refractivity contribution >= 4 is 11.8 Å². The molecule has 6 heteroatoms. The van der Waals surface area contributed by atoms with Crippen LogP contribution in [0.5, 0.6) is 0 Å². The Balaban J connectivity index is 1.44. The minimum absolute atomic E-state index is 0.0650. The summed E-state index contributed by atoms with van der Waals surface area (Å²) in [6, 6.07) is 0.481. The van der Waals surface area contributed by atoms with Gasteiger partial charge in [-0.2, -0.15) is 0 Å². The Kier molecular flexibility index (Phi) is 6.11. The van der Waals surface area contributed by atoms with Gasteiger partial charge in [0.05, 0.1) is 5.92 Å². The minimum Gasteiger partial charge on any atom is -0.355 e. The van der Waals surface area contributed by atoms with Crippen LogP contribution in [-0.2, 0) is 9.59 Å². The number of amides is 2. The van der Waals surface area contributed by atoms with Crippen LogP contribution in [0.1, 0.15) is 39.0 Å². The quantitative estimate of drug-likeness (QED) is 0.739. The average Bonchev–Trinajstić information content (AvgIpc) is 3.20. The largest absolute Gasteiger partial charge is 0.355 e. The third-order valence-corrected chi connectivity index (χ3v) is 5.89. The molecule has 0 saturated carbocycles. The van der Waals surface area contributed by atoms with E-state index in [1.807, 2.05) is 4.90 Å². The Bertz CT molecular complexity index is 450. The van der Waals surface area contributed by atoms with Crippen LogP contribution in [0.25, 0.3) is 0 Å². The lowest BCUT2D eigenvalue weighted by Gasteiger charge is -2.27. The molecule has 136 valence electrons. The summed E-state index contributed by atoms with van der Waals surface area (Å²) in [5, 5.41) is 6.45. The van der Waals surface area contributed by atoms with Gasteiger partial charge in [0.25, 0.3) is 0 Å². The van der Waals surface area contributed by atoms with E-state index in [1.165, 1.54) is 25.7 Å². The van der Waals surface area contributed by atoms with Crippen molar-refractivity contribution in [3.63, 3.8) is 0 Å². The summed E-state index contributed by atoms with van der Waals surface area (Å²) >= 11 is 0. The molecule has 3 aliphatic rings. The molecule has 3 fully saturated rings. The van der Waals surface area contributed by atoms with Gasteiger partial charge in [0.1, 0.15) is 0 Å². The van der Waals surface area contributed by atoms with Gasteiger partial charge < -0.3 is 15.5 Å². The lowest BCUT2D eigenvalue weighted by atomic mass is 9.99. The summed E-state index contributed by atoms with van der Waals surface area (Å²) < 4.78 is 0. The summed E-state index contributed by atoms with van der Waals surface area (Å²) in [5.74, 6) is 0.589. The summed E-state index contributed by atoms with van der Waals surface area (Å²) in [5.41, 5.74) is 0. The number of nitrogens with zero attached hydrogens (tertiary/aromatic N) is 2. The average molecular weight is 336 g/mol. The highest BCUT2D eigenvalue weighted by Gasteiger charge is 2.36. The van der Waals surface area contributed by atoms with Crippen LogP contribution in [0.15, 0.2) is 0 Å². The number of rotatable bonds is 6. The maximum Gasteiger partial charge on any atom is 0.225 e. The Labute approximate surface area is 145 Å². The van der Waals surface area contributed by atoms with Crippen molar-refractivity contribution in [2.24, 2.45) is 11.8 Å². The first-order valence-electron chi connectivity index (χ1n) is 9.67. The summed E-state index contributed by atoms with van der Waals surface area (Å²) in [6.07, 6.45) is 5.14. The van der Waals surface area contributed by atoms with Crippen LogP contribution < -0.4 is 10.6 Å². The van der Waals surface area contributed by atoms with E-state index >= 15 is 0 Å². The standard InChI is InChI=1S/C18H32N4O2/c1-2-21-8-4-6-16(21)13-22-12-15(9-17(22)23)18(24)20-11-14-5-3-7-19-10-14/h14-16,19H,2-13H2,1H3,(H,20,24). The molecule has 3 heterocycles. The highest BCUT2D eigenvalue weighted by molar-refractivity contribution is 5.89. The van der Waals surface area contributed by atoms with Crippen molar-refractivity contribution in [2.75, 3.05) is 45.8 Å². The van der Waals surface area contributed by atoms with E-state index in [9.17, 15) is 9.59 Å². The molecular formula is C18H32N4O2. The molecule has 6 nitrogen and oxygen atoms in total. The fourth-order valence-corrected chi connectivity index (χ4v) is 4.38. The smallest absolute Gasteiger partial charge is 0.225 e. The second-order valence-corrected chi connectivity index (χ2v) is 7.58. The Morgan fingerprint density at radius 1 is 1.33 bits per heavy atom.